The molecule has 9 N–H and O–H groups in total. The van der Waals surface area contributed by atoms with Gasteiger partial charge in [-0.15, -0.1) is 0 Å². The predicted octanol–water partition coefficient (Wildman–Crippen LogP) is 3.66. The molecule has 1 aromatic heterocycles. The van der Waals surface area contributed by atoms with Gasteiger partial charge in [-0.3, -0.25) is 53.0 Å². The summed E-state index contributed by atoms with van der Waals surface area (Å²) in [6.07, 6.45) is 2.08. The topological polar surface area (TPSA) is 314 Å². The molecule has 6 heterocycles. The van der Waals surface area contributed by atoms with E-state index in [1.807, 2.05) is 66.7 Å². The molecule has 450 valence electrons. The summed E-state index contributed by atoms with van der Waals surface area (Å²) >= 11 is 0. The normalized spacial score (nSPS) is 20.7. The molecule has 9 amide bonds. The van der Waals surface area contributed by atoms with Crippen molar-refractivity contribution in [3.05, 3.63) is 142 Å². The van der Waals surface area contributed by atoms with Gasteiger partial charge in [-0.2, -0.15) is 8.78 Å². The Kier molecular flexibility index (Phi) is 18.0. The second-order valence-corrected chi connectivity index (χ2v) is 24.1. The summed E-state index contributed by atoms with van der Waals surface area (Å²) in [7, 11) is -5.94. The number of aromatic amines is 1. The van der Waals surface area contributed by atoms with Gasteiger partial charge in [0.2, 0.25) is 41.4 Å². The number of nitrogens with one attached hydrogen (secondary N) is 5. The van der Waals surface area contributed by atoms with Crippen LogP contribution in [0.5, 0.6) is 0 Å². The van der Waals surface area contributed by atoms with E-state index in [0.29, 0.717) is 50.0 Å². The van der Waals surface area contributed by atoms with E-state index in [0.717, 1.165) is 34.9 Å². The summed E-state index contributed by atoms with van der Waals surface area (Å²) in [5, 5.41) is 10.8. The Morgan fingerprint density at radius 2 is 1.52 bits per heavy atom. The van der Waals surface area contributed by atoms with Crippen LogP contribution in [0.3, 0.4) is 0 Å². The van der Waals surface area contributed by atoms with Crippen LogP contribution in [-0.2, 0) is 50.3 Å². The number of nitrogens with two attached hydrogens (primary N) is 1. The van der Waals surface area contributed by atoms with Crippen LogP contribution < -0.4 is 27.0 Å². The largest absolute Gasteiger partial charge is 0.399 e. The van der Waals surface area contributed by atoms with Crippen molar-refractivity contribution in [3.8, 4) is 11.8 Å². The third-order valence-corrected chi connectivity index (χ3v) is 17.8. The van der Waals surface area contributed by atoms with Gasteiger partial charge in [0.1, 0.15) is 29.9 Å². The van der Waals surface area contributed by atoms with Gasteiger partial charge < -0.3 is 56.1 Å². The van der Waals surface area contributed by atoms with Crippen LogP contribution in [0.1, 0.15) is 119 Å². The fraction of sp³-hybridized carbons (Fsp3) is 0.393. The molecule has 4 saturated heterocycles. The number of benzene rings is 4. The van der Waals surface area contributed by atoms with E-state index >= 15 is 4.79 Å². The van der Waals surface area contributed by atoms with E-state index in [4.69, 9.17) is 5.73 Å². The van der Waals surface area contributed by atoms with Crippen LogP contribution in [0.2, 0.25) is 0 Å². The molecule has 0 bridgehead atoms. The highest BCUT2D eigenvalue weighted by molar-refractivity contribution is 7.52. The lowest BCUT2D eigenvalue weighted by Gasteiger charge is -2.39. The highest BCUT2D eigenvalue weighted by Gasteiger charge is 2.51. The second kappa shape index (κ2) is 25.5. The van der Waals surface area contributed by atoms with Gasteiger partial charge in [-0.1, -0.05) is 84.6 Å². The summed E-state index contributed by atoms with van der Waals surface area (Å²) < 4.78 is 41.3. The van der Waals surface area contributed by atoms with Crippen LogP contribution in [0.4, 0.5) is 8.78 Å². The lowest BCUT2D eigenvalue weighted by Crippen LogP contribution is -2.62. The Labute approximate surface area is 493 Å². The molecule has 1 unspecified atom stereocenters. The molecule has 5 aliphatic heterocycles. The molecule has 0 spiro atoms. The van der Waals surface area contributed by atoms with Gasteiger partial charge in [0, 0.05) is 85.0 Å². The number of rotatable bonds is 17. The fourth-order valence-corrected chi connectivity index (χ4v) is 12.6. The minimum Gasteiger partial charge on any atom is -0.370 e. The minimum atomic E-state index is -5.94. The number of aromatic nitrogens is 1. The highest BCUT2D eigenvalue weighted by atomic mass is 31.2. The quantitative estimate of drug-likeness (QED) is 0.0375. The zero-order chi connectivity index (χ0) is 61.0. The van der Waals surface area contributed by atoms with Crippen LogP contribution in [0, 0.1) is 17.8 Å². The van der Waals surface area contributed by atoms with Crippen LogP contribution >= 0.6 is 7.60 Å². The standard InChI is InChI=1S/C61H65F2N10O12P/c62-61(63,86(83,84)85)41-16-18-45-40(32-41)33-47(65-45)56(78)67-48-35-71(53(76)27-30-70-28-24-36(25-29-70)14-15-37-12-7-13-43-44(37)34-72(59(43)81)49-21-23-52(75)68-57(49)79)31-26-42-17-20-50(73(42)60(48)82)58(80)66-46(19-22-51(64)74)55(77)69-54(38-8-3-1-4-9-38)39-10-5-2-6-11-39/h1-13,16,18,32-33,36,42,46,48-50,54,65H,17,19-31,34-35H2,(H2,64,74)(H,66,80)(H,67,78)(H,69,77)(H,68,75,79)(H2,83,84,85)/t42-,46+,48+,49?,50+/m1/s1. The minimum absolute atomic E-state index is 0.0000795. The molecule has 4 aromatic carbocycles. The van der Waals surface area contributed by atoms with E-state index in [-0.39, 0.29) is 105 Å². The number of halogens is 2. The molecule has 4 fully saturated rings. The average Bonchev–Trinajstić information content (AvgIpc) is 1.85. The Morgan fingerprint density at radius 1 is 0.814 bits per heavy atom. The number of amides is 9. The van der Waals surface area contributed by atoms with Gasteiger partial charge >= 0.3 is 13.3 Å². The number of alkyl halides is 2. The molecule has 25 heteroatoms. The average molecular weight is 1200 g/mol. The lowest BCUT2D eigenvalue weighted by molar-refractivity contribution is -0.145. The van der Waals surface area contributed by atoms with Gasteiger partial charge in [0.15, 0.2) is 0 Å². The summed E-state index contributed by atoms with van der Waals surface area (Å²) in [5.74, 6) is 1.55. The number of piperidine rings is 2. The Hall–Kier alpha value is -8.62. The van der Waals surface area contributed by atoms with Crippen LogP contribution in [-0.4, -0.2) is 150 Å². The molecule has 5 aromatic rings. The number of H-pyrrole nitrogens is 1. The molecule has 5 atom stereocenters. The van der Waals surface area contributed by atoms with Gasteiger partial charge in [-0.05, 0) is 105 Å². The first-order valence-corrected chi connectivity index (χ1v) is 30.2. The summed E-state index contributed by atoms with van der Waals surface area (Å²) in [4.78, 5) is 151. The van der Waals surface area contributed by atoms with E-state index in [1.165, 1.54) is 20.8 Å². The highest BCUT2D eigenvalue weighted by Crippen LogP contribution is 2.59. The number of carbonyl (C=O) groups excluding carboxylic acids is 9. The number of likely N-dealkylation sites (tertiary alicyclic amines) is 1. The predicted molar refractivity (Wildman–Crippen MR) is 307 cm³/mol. The molecular weight excluding hydrogens is 1130 g/mol. The van der Waals surface area contributed by atoms with Crippen LogP contribution in [0.25, 0.3) is 10.9 Å². The first-order valence-electron chi connectivity index (χ1n) is 28.6. The van der Waals surface area contributed by atoms with Crippen molar-refractivity contribution in [1.82, 2.24) is 45.9 Å². The first-order chi connectivity index (χ1) is 41.1. The van der Waals surface area contributed by atoms with Crippen molar-refractivity contribution in [1.29, 1.82) is 0 Å². The van der Waals surface area contributed by atoms with Crippen LogP contribution in [0.15, 0.2) is 103 Å². The smallest absolute Gasteiger partial charge is 0.370 e. The maximum Gasteiger partial charge on any atom is 0.399 e. The van der Waals surface area contributed by atoms with E-state index < -0.39 is 90.5 Å². The SMILES string of the molecule is NC(=O)CC[C@H](NC(=O)[C@@H]1CC[C@@H]2CCN(C(=O)CCN3CCC(C#Cc4cccc5c4CN(C4CCC(=O)NC4=O)C5=O)CC3)C[C@H](NC(=O)c3cc4cc(C(F)(F)P(=O)(O)O)ccc4[nH]3)C(=O)N21)C(=O)NC(c1ccccc1)c1ccccc1. The third kappa shape index (κ3) is 13.3. The number of imide groups is 1. The number of hydrogen-bond donors (Lipinski definition) is 8. The Morgan fingerprint density at radius 3 is 2.20 bits per heavy atom. The van der Waals surface area contributed by atoms with Gasteiger partial charge in [-0.25, -0.2) is 0 Å². The van der Waals surface area contributed by atoms with Crippen molar-refractivity contribution in [3.63, 3.8) is 0 Å². The number of carbonyl (C=O) groups is 9. The number of hydrogen-bond acceptors (Lipinski definition) is 11. The number of fused-ring (bicyclic) bond motifs is 3. The molecule has 0 saturated carbocycles. The maximum absolute atomic E-state index is 15.1. The van der Waals surface area contributed by atoms with Crippen molar-refractivity contribution >= 4 is 71.7 Å². The second-order valence-electron chi connectivity index (χ2n) is 22.4. The third-order valence-electron chi connectivity index (χ3n) is 16.8. The molecule has 10 rings (SSSR count). The monoisotopic (exact) mass is 1200 g/mol. The van der Waals surface area contributed by atoms with Gasteiger partial charge in [0.05, 0.1) is 6.04 Å². The molecule has 86 heavy (non-hydrogen) atoms. The zero-order valence-electron chi connectivity index (χ0n) is 46.7. The molecule has 0 radical (unpaired) electrons. The molecule has 0 aliphatic carbocycles. The van der Waals surface area contributed by atoms with E-state index in [9.17, 15) is 61.5 Å². The Bertz CT molecular complexity index is 3560. The summed E-state index contributed by atoms with van der Waals surface area (Å²) in [5.41, 5.74) is 3.33. The van der Waals surface area contributed by atoms with Crippen molar-refractivity contribution in [2.75, 3.05) is 32.7 Å². The first kappa shape index (κ1) is 60.5. The van der Waals surface area contributed by atoms with E-state index in [2.05, 4.69) is 43.0 Å². The maximum atomic E-state index is 15.1. The number of nitrogens with zero attached hydrogens (tertiary/aromatic N) is 4. The summed E-state index contributed by atoms with van der Waals surface area (Å²) in [6, 6.07) is 21.6. The molecular formula is C61H65F2N10O12P. The summed E-state index contributed by atoms with van der Waals surface area (Å²) in [6.45, 7) is 1.59. The molecule has 5 aliphatic rings. The Balaban J connectivity index is 0.829. The van der Waals surface area contributed by atoms with Crippen molar-refractivity contribution in [2.45, 2.75) is 113 Å². The zero-order valence-corrected chi connectivity index (χ0v) is 47.6. The van der Waals surface area contributed by atoms with Crippen molar-refractivity contribution < 1.29 is 66.3 Å². The lowest BCUT2D eigenvalue weighted by atomic mass is 9.96. The number of primary amides is 1. The van der Waals surface area contributed by atoms with E-state index in [1.54, 1.807) is 12.1 Å². The molecule has 22 nitrogen and oxygen atoms in total. The fourth-order valence-electron chi connectivity index (χ4n) is 12.1. The van der Waals surface area contributed by atoms with Crippen molar-refractivity contribution in [2.24, 2.45) is 11.7 Å². The van der Waals surface area contributed by atoms with Gasteiger partial charge in [0.25, 0.3) is 11.8 Å².